The van der Waals surface area contributed by atoms with Crippen LogP contribution in [-0.4, -0.2) is 86.9 Å². The Morgan fingerprint density at radius 2 is 1.62 bits per heavy atom. The van der Waals surface area contributed by atoms with E-state index in [4.69, 9.17) is 9.47 Å². The summed E-state index contributed by atoms with van der Waals surface area (Å²) in [6.45, 7) is 17.0. The summed E-state index contributed by atoms with van der Waals surface area (Å²) in [4.78, 5) is 25.1. The van der Waals surface area contributed by atoms with Gasteiger partial charge < -0.3 is 40.3 Å². The number of rotatable bonds is 5. The van der Waals surface area contributed by atoms with Crippen LogP contribution in [0.4, 0.5) is 0 Å². The highest BCUT2D eigenvalue weighted by atomic mass is 16.7. The number of hydrogen-bond donors (Lipinski definition) is 6. The lowest BCUT2D eigenvalue weighted by atomic mass is 9.33. The van der Waals surface area contributed by atoms with Crippen LogP contribution in [0.5, 0.6) is 0 Å². The summed E-state index contributed by atoms with van der Waals surface area (Å²) in [6, 6.07) is -0.985. The van der Waals surface area contributed by atoms with E-state index in [1.165, 1.54) is 12.5 Å². The van der Waals surface area contributed by atoms with Gasteiger partial charge in [0.25, 0.3) is 0 Å². The molecule has 1 amide bonds. The number of amides is 1. The minimum atomic E-state index is -1.37. The Morgan fingerprint density at radius 1 is 0.938 bits per heavy atom. The maximum absolute atomic E-state index is 13.0. The molecule has 48 heavy (non-hydrogen) atoms. The first kappa shape index (κ1) is 36.2. The van der Waals surface area contributed by atoms with Crippen molar-refractivity contribution in [1.29, 1.82) is 0 Å². The molecule has 4 saturated carbocycles. The largest absolute Gasteiger partial charge is 0.481 e. The summed E-state index contributed by atoms with van der Waals surface area (Å²) in [5.41, 5.74) is -0.648. The number of allylic oxidation sites excluding steroid dienone is 2. The summed E-state index contributed by atoms with van der Waals surface area (Å²) < 4.78 is 12.7. The molecule has 272 valence electrons. The molecule has 6 rings (SSSR count). The van der Waals surface area contributed by atoms with E-state index >= 15 is 0 Å². The number of carboxylic acids is 1. The SMILES string of the molecule is CC(=O)N[C@H]1[C@H](O[C@H]2CC[C@@]3(C)[C@@H](CC[C@]4(C)[C@H]3CC=C3[C@@H]5CC(C)(C)CC[C@]5(C(=O)O)[C@H](O)C[C@]34C)C2(C)C)O[C@H](CO)[C@@H](O)[C@@H]1O. The van der Waals surface area contributed by atoms with Gasteiger partial charge in [-0.2, -0.15) is 0 Å². The van der Waals surface area contributed by atoms with Crippen LogP contribution < -0.4 is 5.32 Å². The zero-order chi connectivity index (χ0) is 35.4. The number of aliphatic hydroxyl groups excluding tert-OH is 4. The van der Waals surface area contributed by atoms with Gasteiger partial charge in [0, 0.05) is 6.92 Å². The van der Waals surface area contributed by atoms with E-state index in [9.17, 15) is 35.1 Å². The summed E-state index contributed by atoms with van der Waals surface area (Å²) in [6.07, 6.45) is 3.42. The van der Waals surface area contributed by atoms with E-state index in [0.717, 1.165) is 44.9 Å². The molecule has 6 N–H and O–H groups in total. The molecule has 0 aromatic heterocycles. The van der Waals surface area contributed by atoms with Gasteiger partial charge in [-0.05, 0) is 103 Å². The minimum Gasteiger partial charge on any atom is -0.481 e. The van der Waals surface area contributed by atoms with Crippen molar-refractivity contribution in [1.82, 2.24) is 5.32 Å². The molecule has 5 fully saturated rings. The summed E-state index contributed by atoms with van der Waals surface area (Å²) >= 11 is 0. The van der Waals surface area contributed by atoms with Crippen LogP contribution in [0.25, 0.3) is 0 Å². The predicted molar refractivity (Wildman–Crippen MR) is 178 cm³/mol. The van der Waals surface area contributed by atoms with Crippen molar-refractivity contribution in [2.45, 2.75) is 156 Å². The van der Waals surface area contributed by atoms with Gasteiger partial charge in [-0.25, -0.2) is 0 Å². The van der Waals surface area contributed by atoms with E-state index in [1.807, 2.05) is 0 Å². The Morgan fingerprint density at radius 3 is 2.25 bits per heavy atom. The zero-order valence-electron chi connectivity index (χ0n) is 30.3. The van der Waals surface area contributed by atoms with Crippen molar-refractivity contribution in [3.05, 3.63) is 11.6 Å². The van der Waals surface area contributed by atoms with Gasteiger partial charge >= 0.3 is 5.97 Å². The number of aliphatic carboxylic acids is 1. The number of hydrogen-bond acceptors (Lipinski definition) is 8. The molecule has 14 atom stereocenters. The van der Waals surface area contributed by atoms with Gasteiger partial charge in [-0.15, -0.1) is 0 Å². The average Bonchev–Trinajstić information content (AvgIpc) is 2.97. The first-order chi connectivity index (χ1) is 22.2. The van der Waals surface area contributed by atoms with Gasteiger partial charge in [-0.3, -0.25) is 9.59 Å². The molecule has 0 bridgehead atoms. The van der Waals surface area contributed by atoms with Gasteiger partial charge in [0.2, 0.25) is 5.91 Å². The first-order valence-corrected chi connectivity index (χ1v) is 18.4. The molecule has 10 heteroatoms. The minimum absolute atomic E-state index is 0.0124. The summed E-state index contributed by atoms with van der Waals surface area (Å²) in [7, 11) is 0. The third kappa shape index (κ3) is 5.01. The van der Waals surface area contributed by atoms with Gasteiger partial charge in [0.1, 0.15) is 29.8 Å². The van der Waals surface area contributed by atoms with Crippen molar-refractivity contribution in [2.75, 3.05) is 6.61 Å². The van der Waals surface area contributed by atoms with Crippen molar-refractivity contribution in [3.8, 4) is 0 Å². The number of carbonyl (C=O) groups is 2. The molecule has 1 saturated heterocycles. The first-order valence-electron chi connectivity index (χ1n) is 18.4. The average molecular weight is 676 g/mol. The van der Waals surface area contributed by atoms with Crippen LogP contribution in [-0.2, 0) is 19.1 Å². The second-order valence-electron chi connectivity index (χ2n) is 18.7. The predicted octanol–water partition coefficient (Wildman–Crippen LogP) is 4.17. The topological polar surface area (TPSA) is 166 Å². The van der Waals surface area contributed by atoms with E-state index in [0.29, 0.717) is 18.8 Å². The normalized spacial score (nSPS) is 50.9. The van der Waals surface area contributed by atoms with Crippen molar-refractivity contribution >= 4 is 11.9 Å². The fourth-order valence-corrected chi connectivity index (χ4v) is 12.7. The molecule has 0 spiro atoms. The Hall–Kier alpha value is -1.56. The van der Waals surface area contributed by atoms with Crippen LogP contribution in [0.3, 0.4) is 0 Å². The monoisotopic (exact) mass is 675 g/mol. The number of carbonyl (C=O) groups excluding carboxylic acids is 1. The Kier molecular flexibility index (Phi) is 8.86. The Labute approximate surface area is 286 Å². The van der Waals surface area contributed by atoms with E-state index in [1.54, 1.807) is 0 Å². The van der Waals surface area contributed by atoms with Gasteiger partial charge in [0.05, 0.1) is 18.8 Å². The standard InChI is InChI=1S/C38H61NO9/c1-20(41)39-28-30(44)29(43)23(19-40)47-31(28)48-27-12-13-35(6)24(34(27,4)5)11-14-36(7)25(35)10-9-21-22-17-33(2,3)15-16-38(22,32(45)46)26(42)18-37(21,36)8/h9,22-31,40,42-44H,10-19H2,1-8H3,(H,39,41)(H,45,46)/t22-,23+,24-,25-,26+,27-,28+,29+,30+,31-,35-,36+,37+,38+/m0/s1. The molecule has 1 aliphatic heterocycles. The lowest BCUT2D eigenvalue weighted by Crippen LogP contribution is -2.68. The highest BCUT2D eigenvalue weighted by molar-refractivity contribution is 5.77. The fourth-order valence-electron chi connectivity index (χ4n) is 12.7. The summed E-state index contributed by atoms with van der Waals surface area (Å²) in [5.74, 6) is -0.798. The van der Waals surface area contributed by atoms with Crippen LogP contribution in [0.1, 0.15) is 113 Å². The Balaban J connectivity index is 1.31. The molecule has 10 nitrogen and oxygen atoms in total. The van der Waals surface area contributed by atoms with E-state index < -0.39 is 54.7 Å². The zero-order valence-corrected chi connectivity index (χ0v) is 30.3. The molecule has 0 unspecified atom stereocenters. The van der Waals surface area contributed by atoms with Crippen LogP contribution in [0, 0.1) is 50.2 Å². The van der Waals surface area contributed by atoms with Crippen LogP contribution >= 0.6 is 0 Å². The molecule has 0 radical (unpaired) electrons. The van der Waals surface area contributed by atoms with E-state index in [2.05, 4.69) is 59.9 Å². The van der Waals surface area contributed by atoms with Crippen molar-refractivity contribution in [3.63, 3.8) is 0 Å². The lowest BCUT2D eigenvalue weighted by molar-refractivity contribution is -0.307. The smallest absolute Gasteiger partial charge is 0.312 e. The van der Waals surface area contributed by atoms with Crippen molar-refractivity contribution < 1.29 is 44.6 Å². The molecule has 0 aromatic rings. The number of carboxylic acid groups (broad SMARTS) is 1. The number of ether oxygens (including phenoxy) is 2. The quantitative estimate of drug-likeness (QED) is 0.185. The third-order valence-electron chi connectivity index (χ3n) is 15.6. The molecule has 0 aromatic carbocycles. The highest BCUT2D eigenvalue weighted by Crippen LogP contribution is 2.76. The Bertz CT molecular complexity index is 1330. The number of aliphatic hydroxyl groups is 4. The number of fused-ring (bicyclic) bond motifs is 7. The molecule has 1 heterocycles. The lowest BCUT2D eigenvalue weighted by Gasteiger charge is -2.71. The number of nitrogens with one attached hydrogen (secondary N) is 1. The molecular formula is C38H61NO9. The van der Waals surface area contributed by atoms with Crippen LogP contribution in [0.15, 0.2) is 11.6 Å². The second kappa shape index (κ2) is 11.7. The van der Waals surface area contributed by atoms with Gasteiger partial charge in [-0.1, -0.05) is 60.1 Å². The molecular weight excluding hydrogens is 614 g/mol. The third-order valence-corrected chi connectivity index (χ3v) is 15.6. The maximum atomic E-state index is 13.0. The highest BCUT2D eigenvalue weighted by Gasteiger charge is 2.71. The van der Waals surface area contributed by atoms with Gasteiger partial charge in [0.15, 0.2) is 6.29 Å². The van der Waals surface area contributed by atoms with Crippen LogP contribution in [0.2, 0.25) is 0 Å². The maximum Gasteiger partial charge on any atom is 0.312 e. The van der Waals surface area contributed by atoms with Crippen molar-refractivity contribution in [2.24, 2.45) is 50.2 Å². The van der Waals surface area contributed by atoms with E-state index in [-0.39, 0.29) is 50.9 Å². The molecule has 6 aliphatic rings. The molecule has 5 aliphatic carbocycles. The fraction of sp³-hybridized carbons (Fsp3) is 0.895. The summed E-state index contributed by atoms with van der Waals surface area (Å²) in [5, 5.41) is 56.6. The second-order valence-corrected chi connectivity index (χ2v) is 18.7.